The molecule has 0 saturated heterocycles. The van der Waals surface area contributed by atoms with E-state index in [-0.39, 0.29) is 10.8 Å². The number of para-hydroxylation sites is 2. The first-order chi connectivity index (χ1) is 23.2. The minimum atomic E-state index is -0.0772. The molecule has 0 radical (unpaired) electrons. The fraction of sp³-hybridized carbons (Fsp3) is 0.386. The Labute approximate surface area is 289 Å². The third kappa shape index (κ3) is 6.35. The minimum absolute atomic E-state index is 0.0772. The number of nitrogens with two attached hydrogens (primary N) is 1. The monoisotopic (exact) mass is 640 g/mol. The highest BCUT2D eigenvalue weighted by Crippen LogP contribution is 2.48. The molecule has 0 spiro atoms. The van der Waals surface area contributed by atoms with E-state index in [2.05, 4.69) is 148 Å². The maximum absolute atomic E-state index is 6.88. The number of hydrogen-bond donors (Lipinski definition) is 1. The van der Waals surface area contributed by atoms with Gasteiger partial charge in [0, 0.05) is 47.5 Å². The molecule has 0 amide bonds. The fourth-order valence-electron chi connectivity index (χ4n) is 7.93. The second kappa shape index (κ2) is 14.1. The van der Waals surface area contributed by atoms with Gasteiger partial charge in [0.25, 0.3) is 0 Å². The van der Waals surface area contributed by atoms with Crippen LogP contribution in [0.25, 0.3) is 0 Å². The number of fused-ring (bicyclic) bond motifs is 2. The smallest absolute Gasteiger partial charge is 0.209 e. The highest BCUT2D eigenvalue weighted by molar-refractivity contribution is 6.03. The SMILES string of the molecule is CCCN1/C(=C/C=C2\CCCC(/C=C/C3=[N+](CCC)c4ccccc4C3(C)C)=C2Oc2ccc(CCN)cc2)C(C)(C)c2ccccc21. The fourth-order valence-corrected chi connectivity index (χ4v) is 7.93. The van der Waals surface area contributed by atoms with Crippen LogP contribution in [0.3, 0.4) is 0 Å². The van der Waals surface area contributed by atoms with Gasteiger partial charge >= 0.3 is 0 Å². The summed E-state index contributed by atoms with van der Waals surface area (Å²) < 4.78 is 9.41. The van der Waals surface area contributed by atoms with Crippen LogP contribution >= 0.6 is 0 Å². The van der Waals surface area contributed by atoms with E-state index >= 15 is 0 Å². The number of anilines is 1. The number of benzene rings is 3. The summed E-state index contributed by atoms with van der Waals surface area (Å²) in [5.41, 5.74) is 17.6. The topological polar surface area (TPSA) is 41.5 Å². The molecule has 4 heteroatoms. The normalized spacial score (nSPS) is 19.9. The van der Waals surface area contributed by atoms with E-state index in [1.165, 1.54) is 50.6 Å². The Morgan fingerprint density at radius 2 is 1.54 bits per heavy atom. The largest absolute Gasteiger partial charge is 0.457 e. The molecular weight excluding hydrogens is 587 g/mol. The molecule has 6 rings (SSSR count). The van der Waals surface area contributed by atoms with Gasteiger partial charge in [0.05, 0.1) is 5.41 Å². The van der Waals surface area contributed by atoms with Crippen LogP contribution in [-0.4, -0.2) is 29.9 Å². The van der Waals surface area contributed by atoms with Gasteiger partial charge in [0.1, 0.15) is 18.1 Å². The lowest BCUT2D eigenvalue weighted by Crippen LogP contribution is -2.28. The predicted molar refractivity (Wildman–Crippen MR) is 203 cm³/mol. The van der Waals surface area contributed by atoms with Crippen molar-refractivity contribution in [3.05, 3.63) is 136 Å². The summed E-state index contributed by atoms with van der Waals surface area (Å²) in [4.78, 5) is 2.52. The summed E-state index contributed by atoms with van der Waals surface area (Å²) in [5.74, 6) is 1.86. The van der Waals surface area contributed by atoms with Crippen LogP contribution in [-0.2, 0) is 17.3 Å². The molecule has 4 nitrogen and oxygen atoms in total. The van der Waals surface area contributed by atoms with Crippen molar-refractivity contribution >= 4 is 17.1 Å². The third-order valence-corrected chi connectivity index (χ3v) is 10.4. The average molecular weight is 641 g/mol. The second-order valence-electron chi connectivity index (χ2n) is 14.5. The first-order valence-electron chi connectivity index (χ1n) is 18.1. The van der Waals surface area contributed by atoms with Crippen LogP contribution in [0.4, 0.5) is 11.4 Å². The van der Waals surface area contributed by atoms with E-state index in [4.69, 9.17) is 10.5 Å². The van der Waals surface area contributed by atoms with E-state index in [0.717, 1.165) is 63.1 Å². The number of hydrogen-bond acceptors (Lipinski definition) is 3. The number of rotatable bonds is 11. The summed E-state index contributed by atoms with van der Waals surface area (Å²) in [6, 6.07) is 26.3. The zero-order valence-electron chi connectivity index (χ0n) is 30.0. The Hall–Kier alpha value is -4.15. The van der Waals surface area contributed by atoms with E-state index in [0.29, 0.717) is 6.54 Å². The van der Waals surface area contributed by atoms with Gasteiger partial charge < -0.3 is 15.4 Å². The molecule has 48 heavy (non-hydrogen) atoms. The molecule has 0 unspecified atom stereocenters. The van der Waals surface area contributed by atoms with E-state index in [1.54, 1.807) is 0 Å². The summed E-state index contributed by atoms with van der Waals surface area (Å²) in [6.07, 6.45) is 15.6. The molecule has 3 aromatic carbocycles. The molecule has 0 bridgehead atoms. The van der Waals surface area contributed by atoms with Gasteiger partial charge in [-0.3, -0.25) is 0 Å². The predicted octanol–water partition coefficient (Wildman–Crippen LogP) is 10.1. The molecule has 2 aliphatic heterocycles. The van der Waals surface area contributed by atoms with Gasteiger partial charge in [-0.1, -0.05) is 82.3 Å². The van der Waals surface area contributed by atoms with Crippen molar-refractivity contribution in [2.75, 3.05) is 24.5 Å². The average Bonchev–Trinajstić information content (AvgIpc) is 3.43. The molecule has 0 atom stereocenters. The van der Waals surface area contributed by atoms with Crippen LogP contribution in [0.1, 0.15) is 90.3 Å². The van der Waals surface area contributed by atoms with E-state index in [1.807, 2.05) is 0 Å². The maximum Gasteiger partial charge on any atom is 0.209 e. The van der Waals surface area contributed by atoms with Gasteiger partial charge in [-0.15, -0.1) is 0 Å². The Bertz CT molecular complexity index is 1800. The Morgan fingerprint density at radius 1 is 0.812 bits per heavy atom. The number of nitrogens with zero attached hydrogens (tertiary/aromatic N) is 2. The molecule has 2 N–H and O–H groups in total. The van der Waals surface area contributed by atoms with E-state index in [9.17, 15) is 0 Å². The number of ether oxygens (including phenoxy) is 1. The third-order valence-electron chi connectivity index (χ3n) is 10.4. The molecule has 0 saturated carbocycles. The number of allylic oxidation sites excluding steroid dienone is 7. The summed E-state index contributed by atoms with van der Waals surface area (Å²) in [6.45, 7) is 16.6. The first-order valence-corrected chi connectivity index (χ1v) is 18.1. The van der Waals surface area contributed by atoms with Crippen molar-refractivity contribution in [2.24, 2.45) is 5.73 Å². The molecule has 2 heterocycles. The van der Waals surface area contributed by atoms with Crippen molar-refractivity contribution in [3.8, 4) is 5.75 Å². The quantitative estimate of drug-likeness (QED) is 0.212. The van der Waals surface area contributed by atoms with Crippen LogP contribution in [0.5, 0.6) is 5.75 Å². The van der Waals surface area contributed by atoms with Crippen molar-refractivity contribution in [3.63, 3.8) is 0 Å². The lowest BCUT2D eigenvalue weighted by molar-refractivity contribution is -0.437. The Kier molecular flexibility index (Phi) is 9.94. The molecular formula is C44H54N3O+. The zero-order valence-corrected chi connectivity index (χ0v) is 30.0. The minimum Gasteiger partial charge on any atom is -0.457 e. The van der Waals surface area contributed by atoms with Gasteiger partial charge in [-0.25, -0.2) is 0 Å². The Morgan fingerprint density at radius 3 is 2.27 bits per heavy atom. The van der Waals surface area contributed by atoms with Crippen molar-refractivity contribution < 1.29 is 9.31 Å². The van der Waals surface area contributed by atoms with Gasteiger partial charge in [0.2, 0.25) is 5.69 Å². The van der Waals surface area contributed by atoms with Gasteiger partial charge in [-0.05, 0) is 105 Å². The highest BCUT2D eigenvalue weighted by atomic mass is 16.5. The molecule has 0 fully saturated rings. The van der Waals surface area contributed by atoms with Crippen molar-refractivity contribution in [2.45, 2.75) is 90.9 Å². The van der Waals surface area contributed by atoms with Gasteiger partial charge in [-0.2, -0.15) is 4.58 Å². The van der Waals surface area contributed by atoms with Crippen LogP contribution in [0, 0.1) is 0 Å². The van der Waals surface area contributed by atoms with Crippen LogP contribution in [0.15, 0.2) is 120 Å². The first kappa shape index (κ1) is 33.7. The van der Waals surface area contributed by atoms with Crippen LogP contribution in [0.2, 0.25) is 0 Å². The molecule has 250 valence electrons. The second-order valence-corrected chi connectivity index (χ2v) is 14.5. The molecule has 1 aliphatic carbocycles. The highest BCUT2D eigenvalue weighted by Gasteiger charge is 2.44. The zero-order chi connectivity index (χ0) is 33.9. The van der Waals surface area contributed by atoms with Crippen molar-refractivity contribution in [1.82, 2.24) is 0 Å². The summed E-state index contributed by atoms with van der Waals surface area (Å²) >= 11 is 0. The van der Waals surface area contributed by atoms with Crippen molar-refractivity contribution in [1.29, 1.82) is 0 Å². The summed E-state index contributed by atoms with van der Waals surface area (Å²) in [5, 5.41) is 0. The lowest BCUT2D eigenvalue weighted by atomic mass is 9.81. The Balaban J connectivity index is 1.44. The molecule has 3 aliphatic rings. The van der Waals surface area contributed by atoms with E-state index < -0.39 is 0 Å². The maximum atomic E-state index is 6.88. The summed E-state index contributed by atoms with van der Waals surface area (Å²) in [7, 11) is 0. The standard InChI is InChI=1S/C44H54N3O/c1-7-30-46-38-18-11-9-16-36(38)43(3,4)40(46)26-22-33-14-13-15-34(42(33)48-35-24-20-32(21-25-35)28-29-45)23-27-41-44(5,6)37-17-10-12-19-39(37)47(41)31-8-2/h9-12,16-27H,7-8,13-15,28-31,45H2,1-6H3/q+1. The van der Waals surface area contributed by atoms with Crippen LogP contribution < -0.4 is 15.4 Å². The van der Waals surface area contributed by atoms with Gasteiger partial charge in [0.15, 0.2) is 5.71 Å². The molecule has 0 aromatic heterocycles. The lowest BCUT2D eigenvalue weighted by Gasteiger charge is -2.27. The molecule has 3 aromatic rings.